The average molecular weight is 179 g/mol. The number of methoxy groups -OCH3 is 1. The van der Waals surface area contributed by atoms with Crippen LogP contribution in [0.4, 0.5) is 0 Å². The molecule has 1 rings (SSSR count). The molecule has 0 bridgehead atoms. The number of pyridine rings is 1. The lowest BCUT2D eigenvalue weighted by Gasteiger charge is -1.99. The highest BCUT2D eigenvalue weighted by atomic mass is 16.5. The third-order valence-electron chi connectivity index (χ3n) is 1.74. The summed E-state index contributed by atoms with van der Waals surface area (Å²) in [5.74, 6) is 0.130. The van der Waals surface area contributed by atoms with Crippen molar-refractivity contribution in [2.75, 3.05) is 13.7 Å². The van der Waals surface area contributed by atoms with Crippen molar-refractivity contribution in [3.8, 4) is 0 Å². The van der Waals surface area contributed by atoms with Crippen molar-refractivity contribution in [2.24, 2.45) is 0 Å². The Morgan fingerprint density at radius 2 is 2.46 bits per heavy atom. The number of carbonyl (C=O) groups is 1. The van der Waals surface area contributed by atoms with Crippen LogP contribution in [-0.4, -0.2) is 24.5 Å². The fraction of sp³-hybridized carbons (Fsp3) is 0.400. The van der Waals surface area contributed by atoms with Crippen LogP contribution in [0.1, 0.15) is 23.2 Å². The van der Waals surface area contributed by atoms with E-state index in [1.807, 2.05) is 0 Å². The summed E-state index contributed by atoms with van der Waals surface area (Å²) >= 11 is 0. The van der Waals surface area contributed by atoms with Crippen molar-refractivity contribution in [3.63, 3.8) is 0 Å². The molecule has 3 heteroatoms. The number of hydrogen-bond donors (Lipinski definition) is 0. The molecule has 0 aliphatic rings. The Balaban J connectivity index is 2.40. The molecule has 0 aromatic carbocycles. The second-order valence-electron chi connectivity index (χ2n) is 2.76. The van der Waals surface area contributed by atoms with Crippen molar-refractivity contribution in [1.82, 2.24) is 4.98 Å². The zero-order valence-corrected chi connectivity index (χ0v) is 7.69. The van der Waals surface area contributed by atoms with Gasteiger partial charge in [-0.05, 0) is 18.6 Å². The summed E-state index contributed by atoms with van der Waals surface area (Å²) < 4.78 is 4.86. The third-order valence-corrected chi connectivity index (χ3v) is 1.74. The summed E-state index contributed by atoms with van der Waals surface area (Å²) in [4.78, 5) is 15.3. The SMILES string of the molecule is COCCCC(=O)c1cccnc1. The molecule has 0 aliphatic heterocycles. The molecule has 1 aromatic rings. The van der Waals surface area contributed by atoms with Gasteiger partial charge in [0, 0.05) is 38.1 Å². The lowest BCUT2D eigenvalue weighted by atomic mass is 10.1. The molecule has 1 heterocycles. The molecule has 0 radical (unpaired) electrons. The molecule has 0 amide bonds. The van der Waals surface area contributed by atoms with Gasteiger partial charge in [-0.1, -0.05) is 0 Å². The maximum Gasteiger partial charge on any atom is 0.164 e. The molecule has 0 saturated carbocycles. The first-order valence-corrected chi connectivity index (χ1v) is 4.27. The van der Waals surface area contributed by atoms with E-state index in [-0.39, 0.29) is 5.78 Å². The average Bonchev–Trinajstić information content (AvgIpc) is 2.19. The van der Waals surface area contributed by atoms with E-state index in [4.69, 9.17) is 4.74 Å². The fourth-order valence-electron chi connectivity index (χ4n) is 1.05. The molecule has 1 aromatic heterocycles. The van der Waals surface area contributed by atoms with Crippen LogP contribution in [-0.2, 0) is 4.74 Å². The molecule has 0 fully saturated rings. The Bertz CT molecular complexity index is 259. The third kappa shape index (κ3) is 3.34. The standard InChI is InChI=1S/C10H13NO2/c1-13-7-3-5-10(12)9-4-2-6-11-8-9/h2,4,6,8H,3,5,7H2,1H3. The number of ketones is 1. The monoisotopic (exact) mass is 179 g/mol. The van der Waals surface area contributed by atoms with E-state index in [9.17, 15) is 4.79 Å². The highest BCUT2D eigenvalue weighted by Gasteiger charge is 2.03. The number of ether oxygens (including phenoxy) is 1. The minimum Gasteiger partial charge on any atom is -0.385 e. The Morgan fingerprint density at radius 3 is 3.08 bits per heavy atom. The van der Waals surface area contributed by atoms with Crippen LogP contribution in [0.25, 0.3) is 0 Å². The summed E-state index contributed by atoms with van der Waals surface area (Å²) in [6.07, 6.45) is 4.55. The van der Waals surface area contributed by atoms with E-state index in [1.54, 1.807) is 31.6 Å². The molecule has 0 spiro atoms. The van der Waals surface area contributed by atoms with Crippen molar-refractivity contribution >= 4 is 5.78 Å². The van der Waals surface area contributed by atoms with Crippen LogP contribution < -0.4 is 0 Å². The van der Waals surface area contributed by atoms with Gasteiger partial charge in [0.15, 0.2) is 5.78 Å². The van der Waals surface area contributed by atoms with Crippen LogP contribution >= 0.6 is 0 Å². The molecule has 0 atom stereocenters. The summed E-state index contributed by atoms with van der Waals surface area (Å²) in [5.41, 5.74) is 0.679. The summed E-state index contributed by atoms with van der Waals surface area (Å²) in [5, 5.41) is 0. The Morgan fingerprint density at radius 1 is 1.62 bits per heavy atom. The molecular weight excluding hydrogens is 166 g/mol. The molecule has 0 N–H and O–H groups in total. The first kappa shape index (κ1) is 9.86. The fourth-order valence-corrected chi connectivity index (χ4v) is 1.05. The number of nitrogens with zero attached hydrogens (tertiary/aromatic N) is 1. The van der Waals surface area contributed by atoms with Crippen molar-refractivity contribution < 1.29 is 9.53 Å². The van der Waals surface area contributed by atoms with Crippen LogP contribution in [0.5, 0.6) is 0 Å². The quantitative estimate of drug-likeness (QED) is 0.510. The van der Waals surface area contributed by atoms with E-state index >= 15 is 0 Å². The van der Waals surface area contributed by atoms with Gasteiger partial charge in [0.1, 0.15) is 0 Å². The number of aromatic nitrogens is 1. The van der Waals surface area contributed by atoms with Crippen molar-refractivity contribution in [1.29, 1.82) is 0 Å². The zero-order chi connectivity index (χ0) is 9.52. The minimum absolute atomic E-state index is 0.130. The second-order valence-corrected chi connectivity index (χ2v) is 2.76. The van der Waals surface area contributed by atoms with Gasteiger partial charge in [-0.25, -0.2) is 0 Å². The molecule has 0 saturated heterocycles. The zero-order valence-electron chi connectivity index (χ0n) is 7.69. The van der Waals surface area contributed by atoms with Crippen LogP contribution in [0.2, 0.25) is 0 Å². The molecule has 13 heavy (non-hydrogen) atoms. The number of carbonyl (C=O) groups excluding carboxylic acids is 1. The van der Waals surface area contributed by atoms with E-state index in [2.05, 4.69) is 4.98 Å². The smallest absolute Gasteiger partial charge is 0.164 e. The first-order chi connectivity index (χ1) is 6.34. The number of Topliss-reactive ketones (excluding diaryl/α,β-unsaturated/α-hetero) is 1. The molecule has 0 aliphatic carbocycles. The van der Waals surface area contributed by atoms with Gasteiger partial charge in [0.25, 0.3) is 0 Å². The Labute approximate surface area is 77.8 Å². The predicted octanol–water partition coefficient (Wildman–Crippen LogP) is 1.69. The number of hydrogen-bond acceptors (Lipinski definition) is 3. The largest absolute Gasteiger partial charge is 0.385 e. The second kappa shape index (κ2) is 5.43. The van der Waals surface area contributed by atoms with Crippen LogP contribution in [0, 0.1) is 0 Å². The normalized spacial score (nSPS) is 9.92. The van der Waals surface area contributed by atoms with E-state index in [0.29, 0.717) is 18.6 Å². The van der Waals surface area contributed by atoms with Gasteiger partial charge < -0.3 is 4.74 Å². The predicted molar refractivity (Wildman–Crippen MR) is 49.7 cm³/mol. The van der Waals surface area contributed by atoms with E-state index in [1.165, 1.54) is 0 Å². The Kier molecular flexibility index (Phi) is 4.12. The van der Waals surface area contributed by atoms with Gasteiger partial charge in [-0.3, -0.25) is 9.78 Å². The molecule has 70 valence electrons. The summed E-state index contributed by atoms with van der Waals surface area (Å²) in [6, 6.07) is 3.55. The topological polar surface area (TPSA) is 39.2 Å². The summed E-state index contributed by atoms with van der Waals surface area (Å²) in [6.45, 7) is 0.631. The minimum atomic E-state index is 0.130. The molecule has 0 unspecified atom stereocenters. The highest BCUT2D eigenvalue weighted by molar-refractivity contribution is 5.95. The maximum absolute atomic E-state index is 11.4. The van der Waals surface area contributed by atoms with Gasteiger partial charge in [0.05, 0.1) is 0 Å². The summed E-state index contributed by atoms with van der Waals surface area (Å²) in [7, 11) is 1.63. The van der Waals surface area contributed by atoms with Gasteiger partial charge >= 0.3 is 0 Å². The lowest BCUT2D eigenvalue weighted by molar-refractivity contribution is 0.0963. The number of rotatable bonds is 5. The lowest BCUT2D eigenvalue weighted by Crippen LogP contribution is -2.01. The van der Waals surface area contributed by atoms with Gasteiger partial charge in [0.2, 0.25) is 0 Å². The Hall–Kier alpha value is -1.22. The van der Waals surface area contributed by atoms with E-state index < -0.39 is 0 Å². The maximum atomic E-state index is 11.4. The van der Waals surface area contributed by atoms with Gasteiger partial charge in [-0.15, -0.1) is 0 Å². The molecule has 3 nitrogen and oxygen atoms in total. The molecular formula is C10H13NO2. The van der Waals surface area contributed by atoms with Crippen LogP contribution in [0.3, 0.4) is 0 Å². The van der Waals surface area contributed by atoms with Crippen molar-refractivity contribution in [3.05, 3.63) is 30.1 Å². The highest BCUT2D eigenvalue weighted by Crippen LogP contribution is 2.03. The van der Waals surface area contributed by atoms with E-state index in [0.717, 1.165) is 6.42 Å². The first-order valence-electron chi connectivity index (χ1n) is 4.27. The van der Waals surface area contributed by atoms with Crippen molar-refractivity contribution in [2.45, 2.75) is 12.8 Å². The van der Waals surface area contributed by atoms with Crippen LogP contribution in [0.15, 0.2) is 24.5 Å². The van der Waals surface area contributed by atoms with Gasteiger partial charge in [-0.2, -0.15) is 0 Å².